The molecule has 34 heavy (non-hydrogen) atoms. The van der Waals surface area contributed by atoms with Crippen molar-refractivity contribution in [1.29, 1.82) is 0 Å². The Morgan fingerprint density at radius 3 is 2.44 bits per heavy atom. The molecular weight excluding hydrogens is 448 g/mol. The molecule has 0 aliphatic rings. The molecule has 0 aliphatic heterocycles. The third-order valence-corrected chi connectivity index (χ3v) is 6.61. The molecule has 0 unspecified atom stereocenters. The number of rotatable bonds is 8. The van der Waals surface area contributed by atoms with Gasteiger partial charge in [-0.05, 0) is 36.8 Å². The summed E-state index contributed by atoms with van der Waals surface area (Å²) in [5.74, 6) is 0.402. The Bertz CT molecular complexity index is 1420. The second-order valence-corrected chi connectivity index (χ2v) is 10.1. The monoisotopic (exact) mass is 474 g/mol. The van der Waals surface area contributed by atoms with Gasteiger partial charge in [-0.25, -0.2) is 13.4 Å². The molecule has 4 aromatic rings. The van der Waals surface area contributed by atoms with Crippen molar-refractivity contribution in [2.24, 2.45) is 0 Å². The Morgan fingerprint density at radius 2 is 1.68 bits per heavy atom. The maximum atomic E-state index is 13.4. The van der Waals surface area contributed by atoms with Crippen LogP contribution in [0.2, 0.25) is 0 Å². The van der Waals surface area contributed by atoms with Gasteiger partial charge < -0.3 is 9.64 Å². The molecule has 0 spiro atoms. The number of amides is 1. The van der Waals surface area contributed by atoms with Crippen molar-refractivity contribution in [1.82, 2.24) is 9.88 Å². The van der Waals surface area contributed by atoms with Gasteiger partial charge >= 0.3 is 0 Å². The number of pyridine rings is 1. The van der Waals surface area contributed by atoms with E-state index in [-0.39, 0.29) is 10.8 Å². The van der Waals surface area contributed by atoms with E-state index < -0.39 is 9.84 Å². The Kier molecular flexibility index (Phi) is 6.93. The molecule has 3 aromatic carbocycles. The SMILES string of the molecule is CN(CCCOc1cccc(S(C)(=O)=O)c1)C(=O)c1cc(-c2ccccc2)nc2ccccc12. The van der Waals surface area contributed by atoms with Crippen LogP contribution in [0.4, 0.5) is 0 Å². The van der Waals surface area contributed by atoms with E-state index in [1.54, 1.807) is 24.1 Å². The van der Waals surface area contributed by atoms with Gasteiger partial charge in [-0.3, -0.25) is 4.79 Å². The number of nitrogens with zero attached hydrogens (tertiary/aromatic N) is 2. The van der Waals surface area contributed by atoms with Gasteiger partial charge in [-0.15, -0.1) is 0 Å². The molecule has 0 saturated carbocycles. The van der Waals surface area contributed by atoms with Gasteiger partial charge in [0.05, 0.1) is 28.3 Å². The molecule has 174 valence electrons. The number of para-hydroxylation sites is 1. The maximum absolute atomic E-state index is 13.4. The largest absolute Gasteiger partial charge is 0.493 e. The fourth-order valence-electron chi connectivity index (χ4n) is 3.70. The summed E-state index contributed by atoms with van der Waals surface area (Å²) in [4.78, 5) is 20.0. The van der Waals surface area contributed by atoms with E-state index in [1.165, 1.54) is 18.4 Å². The van der Waals surface area contributed by atoms with Crippen LogP contribution in [-0.4, -0.2) is 50.7 Å². The van der Waals surface area contributed by atoms with Gasteiger partial charge in [0.25, 0.3) is 5.91 Å². The Labute approximate surface area is 199 Å². The van der Waals surface area contributed by atoms with E-state index in [4.69, 9.17) is 9.72 Å². The zero-order chi connectivity index (χ0) is 24.1. The zero-order valence-corrected chi connectivity index (χ0v) is 20.0. The molecule has 6 nitrogen and oxygen atoms in total. The number of ether oxygens (including phenoxy) is 1. The predicted molar refractivity (Wildman–Crippen MR) is 134 cm³/mol. The molecule has 0 fully saturated rings. The van der Waals surface area contributed by atoms with Crippen LogP contribution in [0.3, 0.4) is 0 Å². The van der Waals surface area contributed by atoms with Crippen molar-refractivity contribution < 1.29 is 17.9 Å². The molecule has 7 heteroatoms. The molecule has 0 N–H and O–H groups in total. The number of benzene rings is 3. The van der Waals surface area contributed by atoms with E-state index in [2.05, 4.69) is 0 Å². The summed E-state index contributed by atoms with van der Waals surface area (Å²) in [6.45, 7) is 0.846. The second-order valence-electron chi connectivity index (χ2n) is 8.11. The fraction of sp³-hybridized carbons (Fsp3) is 0.185. The van der Waals surface area contributed by atoms with Crippen LogP contribution in [0.5, 0.6) is 5.75 Å². The summed E-state index contributed by atoms with van der Waals surface area (Å²) in [6, 6.07) is 25.7. The lowest BCUT2D eigenvalue weighted by Crippen LogP contribution is -2.29. The molecule has 0 bridgehead atoms. The van der Waals surface area contributed by atoms with E-state index >= 15 is 0 Å². The average Bonchev–Trinajstić information content (AvgIpc) is 2.85. The number of carbonyl (C=O) groups excluding carboxylic acids is 1. The Hall–Kier alpha value is -3.71. The first-order valence-corrected chi connectivity index (χ1v) is 12.9. The molecule has 4 rings (SSSR count). The smallest absolute Gasteiger partial charge is 0.254 e. The van der Waals surface area contributed by atoms with Crippen LogP contribution in [-0.2, 0) is 9.84 Å². The topological polar surface area (TPSA) is 76.6 Å². The van der Waals surface area contributed by atoms with E-state index in [0.717, 1.165) is 22.2 Å². The van der Waals surface area contributed by atoms with E-state index in [1.807, 2.05) is 60.7 Å². The molecule has 0 atom stereocenters. The number of carbonyl (C=O) groups is 1. The average molecular weight is 475 g/mol. The third-order valence-electron chi connectivity index (χ3n) is 5.50. The van der Waals surface area contributed by atoms with Gasteiger partial charge in [0.1, 0.15) is 5.75 Å². The second kappa shape index (κ2) is 10.1. The fourth-order valence-corrected chi connectivity index (χ4v) is 4.36. The maximum Gasteiger partial charge on any atom is 0.254 e. The van der Waals surface area contributed by atoms with Crippen molar-refractivity contribution in [3.05, 3.63) is 90.5 Å². The lowest BCUT2D eigenvalue weighted by molar-refractivity contribution is 0.0789. The lowest BCUT2D eigenvalue weighted by atomic mass is 10.0. The van der Waals surface area contributed by atoms with Crippen molar-refractivity contribution in [3.63, 3.8) is 0 Å². The van der Waals surface area contributed by atoms with Gasteiger partial charge in [0.2, 0.25) is 0 Å². The van der Waals surface area contributed by atoms with Crippen LogP contribution in [0.25, 0.3) is 22.2 Å². The van der Waals surface area contributed by atoms with Crippen LogP contribution in [0.1, 0.15) is 16.8 Å². The zero-order valence-electron chi connectivity index (χ0n) is 19.1. The van der Waals surface area contributed by atoms with Gasteiger partial charge in [0.15, 0.2) is 9.84 Å². The normalized spacial score (nSPS) is 11.4. The number of aromatic nitrogens is 1. The van der Waals surface area contributed by atoms with E-state index in [9.17, 15) is 13.2 Å². The lowest BCUT2D eigenvalue weighted by Gasteiger charge is -2.19. The first-order chi connectivity index (χ1) is 16.3. The molecular formula is C27H26N2O4S. The standard InChI is InChI=1S/C27H26N2O4S/c1-29(16-9-17-33-21-12-8-13-22(18-21)34(2,31)32)27(30)24-19-26(20-10-4-3-5-11-20)28-25-15-7-6-14-23(24)25/h3-8,10-15,18-19H,9,16-17H2,1-2H3. The van der Waals surface area contributed by atoms with Crippen LogP contribution < -0.4 is 4.74 Å². The summed E-state index contributed by atoms with van der Waals surface area (Å²) >= 11 is 0. The minimum atomic E-state index is -3.29. The minimum absolute atomic E-state index is 0.0881. The summed E-state index contributed by atoms with van der Waals surface area (Å²) in [7, 11) is -1.52. The number of fused-ring (bicyclic) bond motifs is 1. The molecule has 0 saturated heterocycles. The highest BCUT2D eigenvalue weighted by atomic mass is 32.2. The van der Waals surface area contributed by atoms with Gasteiger partial charge in [-0.2, -0.15) is 0 Å². The van der Waals surface area contributed by atoms with Crippen molar-refractivity contribution >= 4 is 26.6 Å². The predicted octanol–water partition coefficient (Wildman–Crippen LogP) is 4.85. The van der Waals surface area contributed by atoms with Crippen molar-refractivity contribution in [3.8, 4) is 17.0 Å². The molecule has 0 aliphatic carbocycles. The number of hydrogen-bond acceptors (Lipinski definition) is 5. The number of hydrogen-bond donors (Lipinski definition) is 0. The quantitative estimate of drug-likeness (QED) is 0.341. The molecule has 0 radical (unpaired) electrons. The van der Waals surface area contributed by atoms with Gasteiger partial charge in [-0.1, -0.05) is 54.6 Å². The first kappa shape index (κ1) is 23.4. The van der Waals surface area contributed by atoms with E-state index in [0.29, 0.717) is 30.9 Å². The highest BCUT2D eigenvalue weighted by Crippen LogP contribution is 2.25. The Morgan fingerprint density at radius 1 is 0.941 bits per heavy atom. The van der Waals surface area contributed by atoms with Crippen LogP contribution in [0, 0.1) is 0 Å². The van der Waals surface area contributed by atoms with Gasteiger partial charge in [0, 0.05) is 30.8 Å². The summed E-state index contributed by atoms with van der Waals surface area (Å²) in [6.07, 6.45) is 1.76. The van der Waals surface area contributed by atoms with Crippen LogP contribution >= 0.6 is 0 Å². The molecule has 1 heterocycles. The Balaban J connectivity index is 1.46. The summed E-state index contributed by atoms with van der Waals surface area (Å²) in [5.41, 5.74) is 3.09. The highest BCUT2D eigenvalue weighted by Gasteiger charge is 2.17. The summed E-state index contributed by atoms with van der Waals surface area (Å²) < 4.78 is 29.1. The number of sulfone groups is 1. The molecule has 1 amide bonds. The third kappa shape index (κ3) is 5.43. The highest BCUT2D eigenvalue weighted by molar-refractivity contribution is 7.90. The molecule has 1 aromatic heterocycles. The summed E-state index contributed by atoms with van der Waals surface area (Å²) in [5, 5.41) is 0.813. The van der Waals surface area contributed by atoms with Crippen molar-refractivity contribution in [2.75, 3.05) is 26.5 Å². The van der Waals surface area contributed by atoms with Crippen molar-refractivity contribution in [2.45, 2.75) is 11.3 Å². The van der Waals surface area contributed by atoms with Crippen LogP contribution in [0.15, 0.2) is 89.8 Å². The minimum Gasteiger partial charge on any atom is -0.493 e. The first-order valence-electron chi connectivity index (χ1n) is 11.0.